The van der Waals surface area contributed by atoms with E-state index < -0.39 is 0 Å². The van der Waals surface area contributed by atoms with Gasteiger partial charge < -0.3 is 18.7 Å². The van der Waals surface area contributed by atoms with Crippen LogP contribution < -0.4 is 14.2 Å². The van der Waals surface area contributed by atoms with E-state index in [2.05, 4.69) is 10.1 Å². The van der Waals surface area contributed by atoms with Crippen LogP contribution >= 0.6 is 11.6 Å². The van der Waals surface area contributed by atoms with Gasteiger partial charge in [0.15, 0.2) is 11.5 Å². The van der Waals surface area contributed by atoms with Crippen molar-refractivity contribution in [3.8, 4) is 28.6 Å². The van der Waals surface area contributed by atoms with Gasteiger partial charge in [0.2, 0.25) is 18.4 Å². The standard InChI is InChI=1S/C18H12ClFN2O4/c1-23-14-7-10(8-15-16(14)25-9-24-15)6-13(19)18-21-17(22-26-18)11-2-4-12(20)5-3-11/h2-8H,9H2,1H3/b13-6-. The van der Waals surface area contributed by atoms with Crippen molar-refractivity contribution < 1.29 is 23.1 Å². The molecule has 8 heteroatoms. The highest BCUT2D eigenvalue weighted by Gasteiger charge is 2.20. The van der Waals surface area contributed by atoms with Crippen LogP contribution in [0, 0.1) is 5.82 Å². The van der Waals surface area contributed by atoms with Crippen LogP contribution in [-0.2, 0) is 0 Å². The molecule has 2 heterocycles. The van der Waals surface area contributed by atoms with Crippen LogP contribution in [0.2, 0.25) is 0 Å². The lowest BCUT2D eigenvalue weighted by Gasteiger charge is -2.05. The first-order valence-corrected chi connectivity index (χ1v) is 7.96. The zero-order valence-corrected chi connectivity index (χ0v) is 14.3. The molecule has 0 amide bonds. The molecule has 0 radical (unpaired) electrons. The topological polar surface area (TPSA) is 66.6 Å². The van der Waals surface area contributed by atoms with Crippen LogP contribution in [0.15, 0.2) is 40.9 Å². The fourth-order valence-corrected chi connectivity index (χ4v) is 2.68. The third-order valence-electron chi connectivity index (χ3n) is 3.71. The molecule has 0 unspecified atom stereocenters. The number of rotatable bonds is 4. The smallest absolute Gasteiger partial charge is 0.269 e. The summed E-state index contributed by atoms with van der Waals surface area (Å²) in [7, 11) is 1.54. The van der Waals surface area contributed by atoms with Gasteiger partial charge in [0.1, 0.15) is 10.8 Å². The SMILES string of the molecule is COc1cc(/C=C(\Cl)c2nc(-c3ccc(F)cc3)no2)cc2c1OCO2. The summed E-state index contributed by atoms with van der Waals surface area (Å²) >= 11 is 6.31. The first-order valence-electron chi connectivity index (χ1n) is 7.59. The molecule has 6 nitrogen and oxygen atoms in total. The van der Waals surface area contributed by atoms with Gasteiger partial charge in [-0.05, 0) is 48.0 Å². The lowest BCUT2D eigenvalue weighted by atomic mass is 10.1. The molecule has 1 aliphatic rings. The summed E-state index contributed by atoms with van der Waals surface area (Å²) in [4.78, 5) is 4.23. The average Bonchev–Trinajstić information content (AvgIpc) is 3.31. The Bertz CT molecular complexity index is 985. The Balaban J connectivity index is 1.64. The molecular formula is C18H12ClFN2O4. The van der Waals surface area contributed by atoms with Gasteiger partial charge in [-0.1, -0.05) is 16.8 Å². The fourth-order valence-electron chi connectivity index (χ4n) is 2.48. The van der Waals surface area contributed by atoms with Crippen molar-refractivity contribution in [2.75, 3.05) is 13.9 Å². The Hall–Kier alpha value is -3.06. The normalized spacial score (nSPS) is 13.1. The van der Waals surface area contributed by atoms with Crippen LogP contribution in [0.4, 0.5) is 4.39 Å². The van der Waals surface area contributed by atoms with Gasteiger partial charge in [0.25, 0.3) is 5.89 Å². The first-order chi connectivity index (χ1) is 12.6. The molecule has 0 aliphatic carbocycles. The van der Waals surface area contributed by atoms with Gasteiger partial charge in [-0.3, -0.25) is 0 Å². The minimum atomic E-state index is -0.341. The predicted molar refractivity (Wildman–Crippen MR) is 92.5 cm³/mol. The van der Waals surface area contributed by atoms with Gasteiger partial charge in [0.05, 0.1) is 7.11 Å². The highest BCUT2D eigenvalue weighted by Crippen LogP contribution is 2.42. The van der Waals surface area contributed by atoms with E-state index in [1.807, 2.05) is 0 Å². The molecule has 4 rings (SSSR count). The lowest BCUT2D eigenvalue weighted by Crippen LogP contribution is -1.93. The maximum atomic E-state index is 13.0. The largest absolute Gasteiger partial charge is 0.493 e. The first kappa shape index (κ1) is 16.4. The molecule has 0 bridgehead atoms. The minimum Gasteiger partial charge on any atom is -0.493 e. The Morgan fingerprint density at radius 2 is 2.04 bits per heavy atom. The van der Waals surface area contributed by atoms with Gasteiger partial charge in [-0.25, -0.2) is 4.39 Å². The van der Waals surface area contributed by atoms with Crippen LogP contribution in [0.5, 0.6) is 17.2 Å². The number of hydrogen-bond acceptors (Lipinski definition) is 6. The van der Waals surface area contributed by atoms with Gasteiger partial charge in [-0.2, -0.15) is 4.98 Å². The van der Waals surface area contributed by atoms with E-state index in [1.54, 1.807) is 37.5 Å². The number of halogens is 2. The monoisotopic (exact) mass is 374 g/mol. The highest BCUT2D eigenvalue weighted by molar-refractivity contribution is 6.50. The van der Waals surface area contributed by atoms with Crippen LogP contribution in [-0.4, -0.2) is 24.0 Å². The zero-order valence-electron chi connectivity index (χ0n) is 13.5. The average molecular weight is 375 g/mol. The highest BCUT2D eigenvalue weighted by atomic mass is 35.5. The number of methoxy groups -OCH3 is 1. The Kier molecular flexibility index (Phi) is 4.22. The number of aromatic nitrogens is 2. The zero-order chi connectivity index (χ0) is 18.1. The summed E-state index contributed by atoms with van der Waals surface area (Å²) in [6, 6.07) is 9.29. The van der Waals surface area contributed by atoms with Crippen molar-refractivity contribution in [3.05, 3.63) is 53.7 Å². The van der Waals surface area contributed by atoms with Crippen LogP contribution in [0.1, 0.15) is 11.5 Å². The fraction of sp³-hybridized carbons (Fsp3) is 0.111. The molecular weight excluding hydrogens is 363 g/mol. The second-order valence-electron chi connectivity index (χ2n) is 5.38. The molecule has 0 saturated carbocycles. The molecule has 3 aromatic rings. The van der Waals surface area contributed by atoms with Crippen molar-refractivity contribution >= 4 is 22.7 Å². The van der Waals surface area contributed by atoms with E-state index in [-0.39, 0.29) is 23.5 Å². The molecule has 132 valence electrons. The summed E-state index contributed by atoms with van der Waals surface area (Å²) in [5, 5.41) is 4.11. The summed E-state index contributed by atoms with van der Waals surface area (Å²) in [5.74, 6) is 1.77. The number of hydrogen-bond donors (Lipinski definition) is 0. The van der Waals surface area contributed by atoms with Crippen LogP contribution in [0.3, 0.4) is 0 Å². The number of fused-ring (bicyclic) bond motifs is 1. The van der Waals surface area contributed by atoms with Crippen molar-refractivity contribution in [1.82, 2.24) is 10.1 Å². The molecule has 0 atom stereocenters. The Morgan fingerprint density at radius 1 is 1.23 bits per heavy atom. The van der Waals surface area contributed by atoms with E-state index in [1.165, 1.54) is 12.1 Å². The molecule has 0 saturated heterocycles. The molecule has 1 aliphatic heterocycles. The molecule has 1 aromatic heterocycles. The molecule has 26 heavy (non-hydrogen) atoms. The second kappa shape index (κ2) is 6.68. The Morgan fingerprint density at radius 3 is 2.81 bits per heavy atom. The summed E-state index contributed by atoms with van der Waals surface area (Å²) in [6.45, 7) is 0.136. The number of nitrogens with zero attached hydrogens (tertiary/aromatic N) is 2. The molecule has 0 fully saturated rings. The van der Waals surface area contributed by atoms with Crippen molar-refractivity contribution in [3.63, 3.8) is 0 Å². The third kappa shape index (κ3) is 3.09. The van der Waals surface area contributed by atoms with Crippen molar-refractivity contribution in [2.45, 2.75) is 0 Å². The van der Waals surface area contributed by atoms with Gasteiger partial charge in [-0.15, -0.1) is 0 Å². The van der Waals surface area contributed by atoms with E-state index >= 15 is 0 Å². The maximum Gasteiger partial charge on any atom is 0.269 e. The van der Waals surface area contributed by atoms with E-state index in [9.17, 15) is 4.39 Å². The van der Waals surface area contributed by atoms with Gasteiger partial charge in [0, 0.05) is 5.56 Å². The summed E-state index contributed by atoms with van der Waals surface area (Å²) in [6.07, 6.45) is 1.65. The van der Waals surface area contributed by atoms with E-state index in [0.29, 0.717) is 28.6 Å². The van der Waals surface area contributed by atoms with E-state index in [0.717, 1.165) is 5.56 Å². The predicted octanol–water partition coefficient (Wildman–Crippen LogP) is 4.35. The minimum absolute atomic E-state index is 0.136. The summed E-state index contributed by atoms with van der Waals surface area (Å²) < 4.78 is 34.2. The second-order valence-corrected chi connectivity index (χ2v) is 5.79. The Labute approximate surface area is 152 Å². The number of ether oxygens (including phenoxy) is 3. The summed E-state index contributed by atoms with van der Waals surface area (Å²) in [5.41, 5.74) is 1.34. The third-order valence-corrected chi connectivity index (χ3v) is 3.98. The quantitative estimate of drug-likeness (QED) is 0.676. The number of benzene rings is 2. The van der Waals surface area contributed by atoms with Crippen LogP contribution in [0.25, 0.3) is 22.5 Å². The maximum absolute atomic E-state index is 13.0. The van der Waals surface area contributed by atoms with Gasteiger partial charge >= 0.3 is 0 Å². The lowest BCUT2D eigenvalue weighted by molar-refractivity contribution is 0.171. The molecule has 0 N–H and O–H groups in total. The molecule has 2 aromatic carbocycles. The molecule has 0 spiro atoms. The van der Waals surface area contributed by atoms with E-state index in [4.69, 9.17) is 30.3 Å². The van der Waals surface area contributed by atoms with Crippen molar-refractivity contribution in [2.24, 2.45) is 0 Å². The van der Waals surface area contributed by atoms with Crippen molar-refractivity contribution in [1.29, 1.82) is 0 Å².